The van der Waals surface area contributed by atoms with Crippen LogP contribution in [0.2, 0.25) is 0 Å². The lowest BCUT2D eigenvalue weighted by molar-refractivity contribution is 0.322. The average molecular weight is 225 g/mol. The van der Waals surface area contributed by atoms with Gasteiger partial charge in [0, 0.05) is 5.56 Å². The summed E-state index contributed by atoms with van der Waals surface area (Å²) in [5.41, 5.74) is 2.16. The molecule has 0 unspecified atom stereocenters. The Hall–Kier alpha value is -2.49. The van der Waals surface area contributed by atoms with Crippen molar-refractivity contribution in [3.63, 3.8) is 0 Å². The van der Waals surface area contributed by atoms with Crippen molar-refractivity contribution >= 4 is 17.6 Å². The Morgan fingerprint density at radius 3 is 2.29 bits per heavy atom. The van der Waals surface area contributed by atoms with E-state index in [1.165, 1.54) is 6.21 Å². The zero-order valence-electron chi connectivity index (χ0n) is 9.06. The molecule has 0 bridgehead atoms. The third kappa shape index (κ3) is 2.98. The topological polar surface area (TPSA) is 57.3 Å². The van der Waals surface area contributed by atoms with Crippen LogP contribution in [0.5, 0.6) is 0 Å². The summed E-state index contributed by atoms with van der Waals surface area (Å²) < 4.78 is 0. The highest BCUT2D eigenvalue weighted by atomic mass is 16.4. The van der Waals surface area contributed by atoms with Gasteiger partial charge in [-0.1, -0.05) is 41.6 Å². The zero-order chi connectivity index (χ0) is 11.9. The smallest absolute Gasteiger partial charge is 0.0946 e. The fourth-order valence-corrected chi connectivity index (χ4v) is 1.36. The molecule has 0 amide bonds. The van der Waals surface area contributed by atoms with E-state index in [0.29, 0.717) is 5.69 Å². The predicted molar refractivity (Wildman–Crippen MR) is 66.4 cm³/mol. The van der Waals surface area contributed by atoms with Gasteiger partial charge in [0.1, 0.15) is 0 Å². The second kappa shape index (κ2) is 5.55. The molecular weight excluding hydrogens is 214 g/mol. The minimum absolute atomic E-state index is 0.661. The summed E-state index contributed by atoms with van der Waals surface area (Å²) >= 11 is 0. The van der Waals surface area contributed by atoms with Crippen LogP contribution in [0.15, 0.2) is 70.0 Å². The van der Waals surface area contributed by atoms with Crippen molar-refractivity contribution < 1.29 is 5.21 Å². The Morgan fingerprint density at radius 2 is 1.53 bits per heavy atom. The standard InChI is InChI=1S/C13H11N3O/c17-14-10-11-6-4-5-9-13(11)16-15-12-7-2-1-3-8-12/h1-10,17H/b14-10-,16-15?. The van der Waals surface area contributed by atoms with Gasteiger partial charge in [-0.2, -0.15) is 5.11 Å². The fraction of sp³-hybridized carbons (Fsp3) is 0. The third-order valence-corrected chi connectivity index (χ3v) is 2.16. The molecule has 84 valence electrons. The van der Waals surface area contributed by atoms with Crippen LogP contribution in [0.4, 0.5) is 11.4 Å². The normalized spacial score (nSPS) is 11.3. The molecule has 4 nitrogen and oxygen atoms in total. The predicted octanol–water partition coefficient (Wildman–Crippen LogP) is 3.91. The van der Waals surface area contributed by atoms with Gasteiger partial charge in [-0.05, 0) is 18.2 Å². The molecule has 0 spiro atoms. The van der Waals surface area contributed by atoms with Gasteiger partial charge in [0.2, 0.25) is 0 Å². The Bertz CT molecular complexity index is 535. The van der Waals surface area contributed by atoms with Crippen LogP contribution < -0.4 is 0 Å². The quantitative estimate of drug-likeness (QED) is 0.366. The SMILES string of the molecule is O/N=C\c1ccccc1N=Nc1ccccc1. The van der Waals surface area contributed by atoms with Gasteiger partial charge in [0.15, 0.2) is 0 Å². The minimum Gasteiger partial charge on any atom is -0.411 e. The second-order valence-corrected chi connectivity index (χ2v) is 3.34. The van der Waals surface area contributed by atoms with E-state index in [-0.39, 0.29) is 0 Å². The summed E-state index contributed by atoms with van der Waals surface area (Å²) in [5.74, 6) is 0. The number of azo groups is 1. The lowest BCUT2D eigenvalue weighted by Crippen LogP contribution is -1.80. The summed E-state index contributed by atoms with van der Waals surface area (Å²) in [6.45, 7) is 0. The van der Waals surface area contributed by atoms with Gasteiger partial charge >= 0.3 is 0 Å². The summed E-state index contributed by atoms with van der Waals surface area (Å²) in [7, 11) is 0. The van der Waals surface area contributed by atoms with E-state index in [2.05, 4.69) is 15.4 Å². The van der Waals surface area contributed by atoms with E-state index < -0.39 is 0 Å². The van der Waals surface area contributed by atoms with Crippen LogP contribution in [-0.2, 0) is 0 Å². The van der Waals surface area contributed by atoms with Crippen molar-refractivity contribution in [2.75, 3.05) is 0 Å². The van der Waals surface area contributed by atoms with Crippen LogP contribution in [0.25, 0.3) is 0 Å². The van der Waals surface area contributed by atoms with Gasteiger partial charge < -0.3 is 5.21 Å². The molecule has 0 atom stereocenters. The first-order valence-corrected chi connectivity index (χ1v) is 5.13. The molecule has 0 heterocycles. The molecule has 0 aromatic heterocycles. The molecule has 4 heteroatoms. The van der Waals surface area contributed by atoms with Crippen LogP contribution in [-0.4, -0.2) is 11.4 Å². The largest absolute Gasteiger partial charge is 0.411 e. The lowest BCUT2D eigenvalue weighted by atomic mass is 10.2. The molecule has 0 aliphatic heterocycles. The molecule has 0 saturated heterocycles. The van der Waals surface area contributed by atoms with Crippen LogP contribution >= 0.6 is 0 Å². The monoisotopic (exact) mass is 225 g/mol. The Labute approximate surface area is 98.9 Å². The summed E-state index contributed by atoms with van der Waals surface area (Å²) in [6, 6.07) is 16.8. The van der Waals surface area contributed by atoms with E-state index in [9.17, 15) is 0 Å². The molecule has 17 heavy (non-hydrogen) atoms. The summed E-state index contributed by atoms with van der Waals surface area (Å²) in [5, 5.41) is 19.7. The van der Waals surface area contributed by atoms with Crippen molar-refractivity contribution in [3.8, 4) is 0 Å². The maximum absolute atomic E-state index is 8.53. The highest BCUT2D eigenvalue weighted by Gasteiger charge is 1.97. The van der Waals surface area contributed by atoms with Crippen molar-refractivity contribution in [3.05, 3.63) is 60.2 Å². The van der Waals surface area contributed by atoms with Gasteiger partial charge in [-0.3, -0.25) is 0 Å². The number of hydrogen-bond acceptors (Lipinski definition) is 4. The maximum atomic E-state index is 8.53. The van der Waals surface area contributed by atoms with Crippen LogP contribution in [0.1, 0.15) is 5.56 Å². The highest BCUT2D eigenvalue weighted by molar-refractivity contribution is 5.85. The molecule has 0 saturated carbocycles. The van der Waals surface area contributed by atoms with Crippen LogP contribution in [0.3, 0.4) is 0 Å². The maximum Gasteiger partial charge on any atom is 0.0946 e. The Balaban J connectivity index is 2.27. The van der Waals surface area contributed by atoms with Crippen molar-refractivity contribution in [1.29, 1.82) is 0 Å². The van der Waals surface area contributed by atoms with E-state index in [1.54, 1.807) is 6.07 Å². The van der Waals surface area contributed by atoms with E-state index >= 15 is 0 Å². The third-order valence-electron chi connectivity index (χ3n) is 2.16. The van der Waals surface area contributed by atoms with E-state index in [4.69, 9.17) is 5.21 Å². The second-order valence-electron chi connectivity index (χ2n) is 3.34. The molecule has 2 rings (SSSR count). The fourth-order valence-electron chi connectivity index (χ4n) is 1.36. The van der Waals surface area contributed by atoms with Gasteiger partial charge in [0.05, 0.1) is 17.6 Å². The number of rotatable bonds is 3. The first-order valence-electron chi connectivity index (χ1n) is 5.13. The number of nitrogens with zero attached hydrogens (tertiary/aromatic N) is 3. The number of oxime groups is 1. The summed E-state index contributed by atoms with van der Waals surface area (Å²) in [4.78, 5) is 0. The molecule has 0 fully saturated rings. The first-order chi connectivity index (χ1) is 8.40. The van der Waals surface area contributed by atoms with Gasteiger partial charge in [-0.25, -0.2) is 0 Å². The van der Waals surface area contributed by atoms with E-state index in [1.807, 2.05) is 48.5 Å². The Morgan fingerprint density at radius 1 is 0.824 bits per heavy atom. The van der Waals surface area contributed by atoms with Crippen molar-refractivity contribution in [2.45, 2.75) is 0 Å². The van der Waals surface area contributed by atoms with Crippen molar-refractivity contribution in [2.24, 2.45) is 15.4 Å². The first kappa shape index (κ1) is 11.0. The highest BCUT2D eigenvalue weighted by Crippen LogP contribution is 2.20. The van der Waals surface area contributed by atoms with Crippen molar-refractivity contribution in [1.82, 2.24) is 0 Å². The van der Waals surface area contributed by atoms with Crippen LogP contribution in [0, 0.1) is 0 Å². The van der Waals surface area contributed by atoms with Gasteiger partial charge in [0.25, 0.3) is 0 Å². The molecule has 0 radical (unpaired) electrons. The average Bonchev–Trinajstić information content (AvgIpc) is 2.39. The molecule has 1 N–H and O–H groups in total. The number of hydrogen-bond donors (Lipinski definition) is 1. The number of benzene rings is 2. The minimum atomic E-state index is 0.661. The molecule has 0 aliphatic carbocycles. The van der Waals surface area contributed by atoms with E-state index in [0.717, 1.165) is 11.3 Å². The summed E-state index contributed by atoms with van der Waals surface area (Å²) in [6.07, 6.45) is 1.33. The molecular formula is C13H11N3O. The molecule has 2 aromatic rings. The van der Waals surface area contributed by atoms with Gasteiger partial charge in [-0.15, -0.1) is 5.11 Å². The zero-order valence-corrected chi connectivity index (χ0v) is 9.06. The lowest BCUT2D eigenvalue weighted by Gasteiger charge is -1.97. The molecule has 2 aromatic carbocycles. The Kier molecular flexibility index (Phi) is 3.60. The molecule has 0 aliphatic rings.